The topological polar surface area (TPSA) is 73.9 Å². The molecule has 1 aliphatic heterocycles. The molecule has 0 radical (unpaired) electrons. The monoisotopic (exact) mass is 553 g/mol. The number of esters is 1. The Morgan fingerprint density at radius 2 is 1.49 bits per heavy atom. The van der Waals surface area contributed by atoms with Crippen molar-refractivity contribution in [2.75, 3.05) is 13.2 Å². The van der Waals surface area contributed by atoms with Crippen LogP contribution in [-0.2, 0) is 18.7 Å². The molecule has 6 nitrogen and oxygen atoms in total. The smallest absolute Gasteiger partial charge is 0.407 e. The number of hydrogen-bond acceptors (Lipinski definition) is 5. The van der Waals surface area contributed by atoms with E-state index in [0.29, 0.717) is 26.1 Å². The normalized spacial score (nSPS) is 17.4. The van der Waals surface area contributed by atoms with E-state index in [4.69, 9.17) is 13.9 Å². The molecule has 1 aliphatic rings. The maximum atomic E-state index is 12.7. The number of ether oxygens (including phenoxy) is 2. The van der Waals surface area contributed by atoms with Gasteiger partial charge in [-0.3, -0.25) is 4.79 Å². The van der Waals surface area contributed by atoms with Gasteiger partial charge in [-0.25, -0.2) is 4.79 Å². The van der Waals surface area contributed by atoms with Crippen molar-refractivity contribution in [3.8, 4) is 0 Å². The summed E-state index contributed by atoms with van der Waals surface area (Å²) in [5.74, 6) is -0.634. The highest BCUT2D eigenvalue weighted by Gasteiger charge is 2.50. The maximum Gasteiger partial charge on any atom is 0.407 e. The second-order valence-corrected chi connectivity index (χ2v) is 17.8. The van der Waals surface area contributed by atoms with Gasteiger partial charge in [0.1, 0.15) is 5.60 Å². The van der Waals surface area contributed by atoms with E-state index in [1.165, 1.54) is 10.4 Å². The molecule has 1 N–H and O–H groups in total. The fourth-order valence-corrected chi connectivity index (χ4v) is 10.1. The summed E-state index contributed by atoms with van der Waals surface area (Å²) in [6.07, 6.45) is 1.46. The SMILES string of the molecule is CC(C)(CCO[Si](c1ccccc1)(c1ccccc1)C(C)(C)C)C[C@H](NC(=O)OC(C)(C)C)C1CCOC1=O. The first-order chi connectivity index (χ1) is 18.1. The number of benzene rings is 2. The van der Waals surface area contributed by atoms with Gasteiger partial charge in [-0.2, -0.15) is 0 Å². The first kappa shape index (κ1) is 30.9. The second kappa shape index (κ2) is 12.3. The zero-order valence-corrected chi connectivity index (χ0v) is 26.0. The summed E-state index contributed by atoms with van der Waals surface area (Å²) in [5.41, 5.74) is -0.835. The predicted octanol–water partition coefficient (Wildman–Crippen LogP) is 5.83. The van der Waals surface area contributed by atoms with Gasteiger partial charge in [0.15, 0.2) is 0 Å². The third kappa shape index (κ3) is 7.95. The fraction of sp³-hybridized carbons (Fsp3) is 0.562. The number of nitrogens with one attached hydrogen (secondary N) is 1. The van der Waals surface area contributed by atoms with Crippen molar-refractivity contribution in [3.63, 3.8) is 0 Å². The molecule has 3 rings (SSSR count). The molecule has 2 aromatic carbocycles. The lowest BCUT2D eigenvalue weighted by Crippen LogP contribution is -2.66. The third-order valence-corrected chi connectivity index (χ3v) is 12.5. The summed E-state index contributed by atoms with van der Waals surface area (Å²) in [6, 6.07) is 20.9. The van der Waals surface area contributed by atoms with Gasteiger partial charge < -0.3 is 19.2 Å². The van der Waals surface area contributed by atoms with Crippen molar-refractivity contribution in [3.05, 3.63) is 60.7 Å². The van der Waals surface area contributed by atoms with Crippen LogP contribution in [0.3, 0.4) is 0 Å². The lowest BCUT2D eigenvalue weighted by atomic mass is 9.79. The van der Waals surface area contributed by atoms with Crippen LogP contribution >= 0.6 is 0 Å². The zero-order chi connectivity index (χ0) is 28.9. The average Bonchev–Trinajstić information content (AvgIpc) is 3.26. The lowest BCUT2D eigenvalue weighted by Gasteiger charge is -2.43. The van der Waals surface area contributed by atoms with Crippen LogP contribution in [0, 0.1) is 11.3 Å². The molecular formula is C32H47NO5Si. The Bertz CT molecular complexity index is 1050. The minimum absolute atomic E-state index is 0.103. The van der Waals surface area contributed by atoms with Gasteiger partial charge in [0.25, 0.3) is 8.32 Å². The largest absolute Gasteiger partial charge is 0.465 e. The van der Waals surface area contributed by atoms with Crippen LogP contribution in [0.5, 0.6) is 0 Å². The first-order valence-electron chi connectivity index (χ1n) is 14.1. The van der Waals surface area contributed by atoms with Crippen LogP contribution in [-0.4, -0.2) is 45.2 Å². The lowest BCUT2D eigenvalue weighted by molar-refractivity contribution is -0.142. The highest BCUT2D eigenvalue weighted by atomic mass is 28.4. The maximum absolute atomic E-state index is 12.7. The Morgan fingerprint density at radius 1 is 0.949 bits per heavy atom. The van der Waals surface area contributed by atoms with E-state index in [0.717, 1.165) is 6.42 Å². The number of hydrogen-bond donors (Lipinski definition) is 1. The van der Waals surface area contributed by atoms with Crippen LogP contribution in [0.15, 0.2) is 60.7 Å². The molecule has 1 amide bonds. The molecule has 214 valence electrons. The number of rotatable bonds is 10. The summed E-state index contributed by atoms with van der Waals surface area (Å²) in [5, 5.41) is 5.39. The zero-order valence-electron chi connectivity index (χ0n) is 25.0. The standard InChI is InChI=1S/C32H47NO5Si/c1-30(2,3)38-29(35)33-27(26-19-21-36-28(26)34)23-32(7,8)20-22-37-39(31(4,5)6,24-15-11-9-12-16-24)25-17-13-10-14-18-25/h9-18,26-27H,19-23H2,1-8H3,(H,33,35)/t26?,27-/m0/s1. The summed E-state index contributed by atoms with van der Waals surface area (Å²) in [6.45, 7) is 17.6. The first-order valence-corrected chi connectivity index (χ1v) is 16.0. The summed E-state index contributed by atoms with van der Waals surface area (Å²) in [4.78, 5) is 25.2. The average molecular weight is 554 g/mol. The molecule has 1 heterocycles. The van der Waals surface area contributed by atoms with E-state index < -0.39 is 20.0 Å². The summed E-state index contributed by atoms with van der Waals surface area (Å²) >= 11 is 0. The fourth-order valence-electron chi connectivity index (χ4n) is 5.57. The van der Waals surface area contributed by atoms with Gasteiger partial charge in [-0.15, -0.1) is 0 Å². The van der Waals surface area contributed by atoms with Crippen LogP contribution in [0.1, 0.15) is 74.7 Å². The Labute approximate surface area is 235 Å². The van der Waals surface area contributed by atoms with Gasteiger partial charge in [0, 0.05) is 12.6 Å². The van der Waals surface area contributed by atoms with Gasteiger partial charge in [-0.05, 0) is 60.9 Å². The molecule has 0 aliphatic carbocycles. The Hall–Kier alpha value is -2.64. The summed E-state index contributed by atoms with van der Waals surface area (Å²) < 4.78 is 17.9. The van der Waals surface area contributed by atoms with Crippen molar-refractivity contribution >= 4 is 30.8 Å². The van der Waals surface area contributed by atoms with Crippen LogP contribution in [0.4, 0.5) is 4.79 Å². The third-order valence-electron chi connectivity index (χ3n) is 7.45. The Balaban J connectivity index is 1.82. The van der Waals surface area contributed by atoms with E-state index in [-0.39, 0.29) is 28.4 Å². The second-order valence-electron chi connectivity index (χ2n) is 13.4. The van der Waals surface area contributed by atoms with Crippen molar-refractivity contribution < 1.29 is 23.5 Å². The molecule has 1 saturated heterocycles. The molecule has 7 heteroatoms. The number of cyclic esters (lactones) is 1. The number of carbonyl (C=O) groups is 2. The molecule has 0 bridgehead atoms. The van der Waals surface area contributed by atoms with Crippen molar-refractivity contribution in [1.82, 2.24) is 5.32 Å². The number of alkyl carbamates (subject to hydrolysis) is 1. The Morgan fingerprint density at radius 3 is 1.92 bits per heavy atom. The van der Waals surface area contributed by atoms with Gasteiger partial charge in [0.05, 0.1) is 12.5 Å². The molecule has 0 saturated carbocycles. The van der Waals surface area contributed by atoms with E-state index >= 15 is 0 Å². The minimum Gasteiger partial charge on any atom is -0.465 e. The minimum atomic E-state index is -2.64. The van der Waals surface area contributed by atoms with Gasteiger partial charge in [0.2, 0.25) is 0 Å². The molecule has 0 spiro atoms. The van der Waals surface area contributed by atoms with E-state index in [1.54, 1.807) is 0 Å². The van der Waals surface area contributed by atoms with E-state index in [1.807, 2.05) is 32.9 Å². The van der Waals surface area contributed by atoms with Gasteiger partial charge >= 0.3 is 12.1 Å². The van der Waals surface area contributed by atoms with E-state index in [9.17, 15) is 9.59 Å². The molecular weight excluding hydrogens is 506 g/mol. The molecule has 0 aromatic heterocycles. The predicted molar refractivity (Wildman–Crippen MR) is 159 cm³/mol. The van der Waals surface area contributed by atoms with Crippen LogP contribution < -0.4 is 15.7 Å². The highest BCUT2D eigenvalue weighted by Crippen LogP contribution is 2.38. The van der Waals surface area contributed by atoms with Crippen molar-refractivity contribution in [2.24, 2.45) is 11.3 Å². The molecule has 2 atom stereocenters. The van der Waals surface area contributed by atoms with Gasteiger partial charge in [-0.1, -0.05) is 95.3 Å². The van der Waals surface area contributed by atoms with Crippen LogP contribution in [0.2, 0.25) is 5.04 Å². The van der Waals surface area contributed by atoms with Crippen molar-refractivity contribution in [1.29, 1.82) is 0 Å². The van der Waals surface area contributed by atoms with E-state index in [2.05, 4.69) is 88.5 Å². The highest BCUT2D eigenvalue weighted by molar-refractivity contribution is 6.99. The van der Waals surface area contributed by atoms with Crippen LogP contribution in [0.25, 0.3) is 0 Å². The molecule has 2 aromatic rings. The Kier molecular flexibility index (Phi) is 9.71. The number of amides is 1. The molecule has 39 heavy (non-hydrogen) atoms. The summed E-state index contributed by atoms with van der Waals surface area (Å²) in [7, 11) is -2.64. The molecule has 1 fully saturated rings. The van der Waals surface area contributed by atoms with Crippen molar-refractivity contribution in [2.45, 2.75) is 91.3 Å². The quantitative estimate of drug-likeness (QED) is 0.296. The number of carbonyl (C=O) groups excluding carboxylic acids is 2. The molecule has 1 unspecified atom stereocenters.